The maximum atomic E-state index is 11.6. The molecule has 0 bridgehead atoms. The molecule has 2 fully saturated rings. The van der Waals surface area contributed by atoms with E-state index in [2.05, 4.69) is 22.6 Å². The molecule has 0 saturated heterocycles. The first-order valence-corrected chi connectivity index (χ1v) is 7.37. The van der Waals surface area contributed by atoms with Crippen LogP contribution >= 0.6 is 22.6 Å². The molecule has 0 spiro atoms. The summed E-state index contributed by atoms with van der Waals surface area (Å²) in [5.74, 6) is 0.818. The third kappa shape index (κ3) is 3.32. The molecule has 2 saturated carbocycles. The van der Waals surface area contributed by atoms with Crippen molar-refractivity contribution in [3.05, 3.63) is 0 Å². The van der Waals surface area contributed by atoms with Crippen LogP contribution in [-0.2, 0) is 14.3 Å². The van der Waals surface area contributed by atoms with Gasteiger partial charge in [0.25, 0.3) is 0 Å². The van der Waals surface area contributed by atoms with Gasteiger partial charge in [0.2, 0.25) is 0 Å². The highest BCUT2D eigenvalue weighted by Gasteiger charge is 2.38. The molecule has 3 atom stereocenters. The topological polar surface area (TPSA) is 35.5 Å². The van der Waals surface area contributed by atoms with Gasteiger partial charge in [-0.05, 0) is 38.5 Å². The highest BCUT2D eigenvalue weighted by atomic mass is 127. The van der Waals surface area contributed by atoms with Crippen molar-refractivity contribution in [2.24, 2.45) is 11.8 Å². The highest BCUT2D eigenvalue weighted by molar-refractivity contribution is 14.1. The molecule has 0 aliphatic heterocycles. The van der Waals surface area contributed by atoms with Crippen molar-refractivity contribution in [3.63, 3.8) is 0 Å². The lowest BCUT2D eigenvalue weighted by molar-refractivity contribution is -0.148. The van der Waals surface area contributed by atoms with Crippen molar-refractivity contribution >= 4 is 28.6 Å². The third-order valence-corrected chi connectivity index (χ3v) is 4.60. The Hall–Kier alpha value is 0.160. The molecule has 16 heavy (non-hydrogen) atoms. The van der Waals surface area contributed by atoms with Crippen LogP contribution in [0.4, 0.5) is 0 Å². The molecule has 4 heteroatoms. The summed E-state index contributed by atoms with van der Waals surface area (Å²) in [7, 11) is 0. The largest absolute Gasteiger partial charge is 0.466 e. The predicted molar refractivity (Wildman–Crippen MR) is 69.6 cm³/mol. The molecule has 92 valence electrons. The lowest BCUT2D eigenvalue weighted by atomic mass is 10.1. The number of alkyl halides is 1. The summed E-state index contributed by atoms with van der Waals surface area (Å²) in [6.07, 6.45) is 4.66. The van der Waals surface area contributed by atoms with Gasteiger partial charge in [-0.2, -0.15) is 0 Å². The van der Waals surface area contributed by atoms with Gasteiger partial charge in [-0.3, -0.25) is 4.79 Å². The van der Waals surface area contributed by atoms with E-state index in [-0.39, 0.29) is 18.0 Å². The van der Waals surface area contributed by atoms with Crippen LogP contribution in [0.2, 0.25) is 0 Å². The fourth-order valence-electron chi connectivity index (χ4n) is 2.12. The van der Waals surface area contributed by atoms with E-state index in [1.54, 1.807) is 0 Å². The van der Waals surface area contributed by atoms with Crippen LogP contribution in [0.1, 0.15) is 32.6 Å². The molecule has 0 heterocycles. The molecule has 2 rings (SSSR count). The average Bonchev–Trinajstić information content (AvgIpc) is 3.00. The Balaban J connectivity index is 1.75. The minimum atomic E-state index is -0.0401. The second-order valence-corrected chi connectivity index (χ2v) is 6.35. The Morgan fingerprint density at radius 1 is 1.38 bits per heavy atom. The van der Waals surface area contributed by atoms with Crippen LogP contribution in [0.5, 0.6) is 0 Å². The molecule has 0 aromatic carbocycles. The van der Waals surface area contributed by atoms with E-state index in [0.717, 1.165) is 25.4 Å². The van der Waals surface area contributed by atoms with E-state index >= 15 is 0 Å². The summed E-state index contributed by atoms with van der Waals surface area (Å²) in [6.45, 7) is 3.23. The minimum absolute atomic E-state index is 0.0401. The second kappa shape index (κ2) is 5.67. The normalized spacial score (nSPS) is 34.0. The fourth-order valence-corrected chi connectivity index (χ4v) is 3.23. The number of esters is 1. The quantitative estimate of drug-likeness (QED) is 0.439. The number of hydrogen-bond donors (Lipinski definition) is 0. The van der Waals surface area contributed by atoms with Gasteiger partial charge in [-0.25, -0.2) is 0 Å². The first-order valence-electron chi connectivity index (χ1n) is 6.13. The van der Waals surface area contributed by atoms with Crippen molar-refractivity contribution in [2.75, 3.05) is 13.2 Å². The molecule has 0 aromatic heterocycles. The summed E-state index contributed by atoms with van der Waals surface area (Å²) in [5.41, 5.74) is 0. The number of halogens is 1. The zero-order chi connectivity index (χ0) is 11.5. The van der Waals surface area contributed by atoms with E-state index < -0.39 is 0 Å². The van der Waals surface area contributed by atoms with Gasteiger partial charge < -0.3 is 9.47 Å². The number of rotatable bonds is 5. The first-order chi connectivity index (χ1) is 7.70. The van der Waals surface area contributed by atoms with E-state index in [9.17, 15) is 4.79 Å². The van der Waals surface area contributed by atoms with Crippen LogP contribution < -0.4 is 0 Å². The number of ether oxygens (including phenoxy) is 2. The van der Waals surface area contributed by atoms with Gasteiger partial charge in [0, 0.05) is 10.5 Å². The minimum Gasteiger partial charge on any atom is -0.466 e. The van der Waals surface area contributed by atoms with E-state index in [4.69, 9.17) is 9.47 Å². The molecule has 3 nitrogen and oxygen atoms in total. The Morgan fingerprint density at radius 3 is 2.75 bits per heavy atom. The van der Waals surface area contributed by atoms with Crippen LogP contribution in [0.15, 0.2) is 0 Å². The Kier molecular flexibility index (Phi) is 4.47. The number of carbonyl (C=O) groups excluding carboxylic acids is 1. The van der Waals surface area contributed by atoms with Gasteiger partial charge in [-0.1, -0.05) is 22.6 Å². The Bertz CT molecular complexity index is 253. The highest BCUT2D eigenvalue weighted by Crippen LogP contribution is 2.36. The van der Waals surface area contributed by atoms with Crippen molar-refractivity contribution in [1.82, 2.24) is 0 Å². The van der Waals surface area contributed by atoms with E-state index in [1.807, 2.05) is 6.92 Å². The van der Waals surface area contributed by atoms with Crippen molar-refractivity contribution < 1.29 is 14.3 Å². The van der Waals surface area contributed by atoms with Crippen molar-refractivity contribution in [2.45, 2.75) is 42.6 Å². The fraction of sp³-hybridized carbons (Fsp3) is 0.917. The molecule has 0 amide bonds. The summed E-state index contributed by atoms with van der Waals surface area (Å²) in [4.78, 5) is 11.6. The summed E-state index contributed by atoms with van der Waals surface area (Å²) in [5, 5.41) is 0. The van der Waals surface area contributed by atoms with Gasteiger partial charge in [0.1, 0.15) is 0 Å². The third-order valence-electron chi connectivity index (χ3n) is 3.29. The molecule has 0 N–H and O–H groups in total. The number of hydrogen-bond acceptors (Lipinski definition) is 3. The molecule has 3 unspecified atom stereocenters. The Labute approximate surface area is 110 Å². The molecular formula is C12H19IO3. The standard InChI is InChI=1S/C12H19IO3/c1-2-15-12(14)9-5-10(13)11(6-9)16-7-8-3-4-8/h8-11H,2-7H2,1H3. The SMILES string of the molecule is CCOC(=O)C1CC(I)C(OCC2CC2)C1. The average molecular weight is 338 g/mol. The molecule has 0 radical (unpaired) electrons. The van der Waals surface area contributed by atoms with Gasteiger partial charge in [0.15, 0.2) is 0 Å². The zero-order valence-corrected chi connectivity index (χ0v) is 11.8. The summed E-state index contributed by atoms with van der Waals surface area (Å²) < 4.78 is 11.4. The van der Waals surface area contributed by atoms with Crippen molar-refractivity contribution in [1.29, 1.82) is 0 Å². The second-order valence-electron chi connectivity index (χ2n) is 4.75. The number of carbonyl (C=O) groups is 1. The maximum absolute atomic E-state index is 11.6. The van der Waals surface area contributed by atoms with E-state index in [0.29, 0.717) is 10.5 Å². The Morgan fingerprint density at radius 2 is 2.12 bits per heavy atom. The predicted octanol–water partition coefficient (Wildman–Crippen LogP) is 2.56. The monoisotopic (exact) mass is 338 g/mol. The summed E-state index contributed by atoms with van der Waals surface area (Å²) in [6, 6.07) is 0. The lowest BCUT2D eigenvalue weighted by Crippen LogP contribution is -2.19. The van der Waals surface area contributed by atoms with Gasteiger partial charge >= 0.3 is 5.97 Å². The van der Waals surface area contributed by atoms with Crippen LogP contribution in [0.25, 0.3) is 0 Å². The first kappa shape index (κ1) is 12.6. The molecule has 0 aromatic rings. The molecule has 2 aliphatic carbocycles. The lowest BCUT2D eigenvalue weighted by Gasteiger charge is -2.14. The van der Waals surface area contributed by atoms with Crippen LogP contribution in [0, 0.1) is 11.8 Å². The smallest absolute Gasteiger partial charge is 0.309 e. The zero-order valence-electron chi connectivity index (χ0n) is 9.65. The maximum Gasteiger partial charge on any atom is 0.309 e. The summed E-state index contributed by atoms with van der Waals surface area (Å²) >= 11 is 2.41. The van der Waals surface area contributed by atoms with Gasteiger partial charge in [-0.15, -0.1) is 0 Å². The van der Waals surface area contributed by atoms with Crippen LogP contribution in [-0.4, -0.2) is 29.2 Å². The van der Waals surface area contributed by atoms with Crippen LogP contribution in [0.3, 0.4) is 0 Å². The molecular weight excluding hydrogens is 319 g/mol. The van der Waals surface area contributed by atoms with E-state index in [1.165, 1.54) is 12.8 Å². The van der Waals surface area contributed by atoms with Gasteiger partial charge in [0.05, 0.1) is 18.6 Å². The van der Waals surface area contributed by atoms with Crippen molar-refractivity contribution in [3.8, 4) is 0 Å². The molecule has 2 aliphatic rings.